The van der Waals surface area contributed by atoms with Gasteiger partial charge in [0.25, 0.3) is 10.0 Å². The number of ether oxygens (including phenoxy) is 1. The van der Waals surface area contributed by atoms with Gasteiger partial charge in [-0.05, 0) is 68.7 Å². The number of aryl methyl sites for hydroxylation is 1. The van der Waals surface area contributed by atoms with Gasteiger partial charge in [-0.2, -0.15) is 0 Å². The van der Waals surface area contributed by atoms with E-state index in [2.05, 4.69) is 4.72 Å². The maximum Gasteiger partial charge on any atom is 0.303 e. The number of fused-ring (bicyclic) bond motifs is 1. The van der Waals surface area contributed by atoms with Gasteiger partial charge in [0.2, 0.25) is 0 Å². The number of anilines is 1. The number of rotatable bonds is 12. The molecule has 4 aromatic carbocycles. The van der Waals surface area contributed by atoms with Gasteiger partial charge in [-0.3, -0.25) is 14.1 Å². The predicted molar refractivity (Wildman–Crippen MR) is 165 cm³/mol. The molecule has 0 saturated carbocycles. The van der Waals surface area contributed by atoms with Crippen LogP contribution in [0.4, 0.5) is 5.69 Å². The molecule has 0 saturated heterocycles. The number of nitrogens with one attached hydrogen (secondary N) is 1. The number of nitrogens with zero attached hydrogens (tertiary/aromatic N) is 2. The second-order valence-corrected chi connectivity index (χ2v) is 12.0. The minimum atomic E-state index is -3.97. The first-order valence-corrected chi connectivity index (χ1v) is 15.4. The molecule has 0 spiro atoms. The summed E-state index contributed by atoms with van der Waals surface area (Å²) in [5.74, 6) is 0.205. The van der Waals surface area contributed by atoms with E-state index in [0.717, 1.165) is 22.3 Å². The number of carboxylic acid groups (broad SMARTS) is 1. The number of benzene rings is 4. The van der Waals surface area contributed by atoms with Crippen molar-refractivity contribution in [3.8, 4) is 22.8 Å². The molecule has 0 aliphatic carbocycles. The highest BCUT2D eigenvalue weighted by Crippen LogP contribution is 2.36. The summed E-state index contributed by atoms with van der Waals surface area (Å²) in [5, 5.41) is 9.34. The average Bonchev–Trinajstić information content (AvgIpc) is 3.34. The van der Waals surface area contributed by atoms with Crippen molar-refractivity contribution in [2.75, 3.05) is 11.3 Å². The summed E-state index contributed by atoms with van der Waals surface area (Å²) >= 11 is 5.97. The maximum absolute atomic E-state index is 13.3. The molecule has 5 aromatic rings. The molecule has 10 heteroatoms. The van der Waals surface area contributed by atoms with Crippen molar-refractivity contribution in [2.24, 2.45) is 0 Å². The Morgan fingerprint density at radius 3 is 2.36 bits per heavy atom. The summed E-state index contributed by atoms with van der Waals surface area (Å²) in [6.45, 7) is 2.31. The second kappa shape index (κ2) is 12.7. The number of unbranched alkanes of at least 4 members (excludes halogenated alkanes) is 2. The highest BCUT2D eigenvalue weighted by atomic mass is 35.5. The zero-order valence-corrected chi connectivity index (χ0v) is 24.5. The quantitative estimate of drug-likeness (QED) is 0.143. The Morgan fingerprint density at radius 2 is 1.67 bits per heavy atom. The van der Waals surface area contributed by atoms with E-state index in [1.165, 1.54) is 24.3 Å². The first kappa shape index (κ1) is 29.2. The second-order valence-electron chi connectivity index (χ2n) is 9.92. The number of aliphatic carboxylic acids is 1. The highest BCUT2D eigenvalue weighted by molar-refractivity contribution is 7.92. The number of carboxylic acids is 1. The van der Waals surface area contributed by atoms with Crippen LogP contribution in [0.1, 0.15) is 31.2 Å². The van der Waals surface area contributed by atoms with Gasteiger partial charge in [0.1, 0.15) is 11.6 Å². The van der Waals surface area contributed by atoms with Crippen molar-refractivity contribution in [1.29, 1.82) is 0 Å². The summed E-state index contributed by atoms with van der Waals surface area (Å²) in [5.41, 5.74) is 4.49. The molecule has 1 heterocycles. The molecule has 0 fully saturated rings. The molecule has 216 valence electrons. The molecule has 8 nitrogen and oxygen atoms in total. The number of carbonyl (C=O) groups is 1. The minimum absolute atomic E-state index is 0.0572. The summed E-state index contributed by atoms with van der Waals surface area (Å²) < 4.78 is 37.5. The van der Waals surface area contributed by atoms with Crippen LogP contribution in [0.3, 0.4) is 0 Å². The Labute approximate surface area is 249 Å². The van der Waals surface area contributed by atoms with E-state index in [0.29, 0.717) is 41.4 Å². The van der Waals surface area contributed by atoms with Crippen LogP contribution in [0.2, 0.25) is 5.02 Å². The van der Waals surface area contributed by atoms with Gasteiger partial charge in [-0.25, -0.2) is 13.4 Å². The lowest BCUT2D eigenvalue weighted by Crippen LogP contribution is -2.14. The van der Waals surface area contributed by atoms with Gasteiger partial charge in [-0.1, -0.05) is 59.6 Å². The molecular formula is C32H30ClN3O5S. The van der Waals surface area contributed by atoms with Crippen LogP contribution in [-0.4, -0.2) is 35.7 Å². The lowest BCUT2D eigenvalue weighted by molar-refractivity contribution is -0.137. The van der Waals surface area contributed by atoms with Gasteiger partial charge < -0.3 is 9.84 Å². The normalized spacial score (nSPS) is 11.5. The van der Waals surface area contributed by atoms with Gasteiger partial charge in [0.05, 0.1) is 28.2 Å². The molecule has 0 unspecified atom stereocenters. The lowest BCUT2D eigenvalue weighted by atomic mass is 10.2. The van der Waals surface area contributed by atoms with Crippen LogP contribution in [0.15, 0.2) is 95.9 Å². The first-order valence-electron chi connectivity index (χ1n) is 13.5. The number of sulfonamides is 1. The third-order valence-electron chi connectivity index (χ3n) is 6.74. The summed E-state index contributed by atoms with van der Waals surface area (Å²) in [7, 11) is -3.97. The largest absolute Gasteiger partial charge is 0.491 e. The van der Waals surface area contributed by atoms with Gasteiger partial charge >= 0.3 is 5.97 Å². The number of halogens is 1. The zero-order valence-electron chi connectivity index (χ0n) is 23.0. The zero-order chi connectivity index (χ0) is 29.7. The molecule has 42 heavy (non-hydrogen) atoms. The van der Waals surface area contributed by atoms with Crippen LogP contribution < -0.4 is 9.46 Å². The molecule has 0 aliphatic rings. The summed E-state index contributed by atoms with van der Waals surface area (Å²) in [6, 6.07) is 27.3. The van der Waals surface area contributed by atoms with E-state index >= 15 is 0 Å². The van der Waals surface area contributed by atoms with Crippen molar-refractivity contribution in [3.63, 3.8) is 0 Å². The molecule has 2 N–H and O–H groups in total. The molecule has 5 rings (SSSR count). The number of imidazole rings is 1. The van der Waals surface area contributed by atoms with Gasteiger partial charge in [0, 0.05) is 28.8 Å². The highest BCUT2D eigenvalue weighted by Gasteiger charge is 2.21. The number of hydrogen-bond donors (Lipinski definition) is 2. The smallest absolute Gasteiger partial charge is 0.303 e. The molecule has 0 atom stereocenters. The molecule has 0 amide bonds. The fourth-order valence-corrected chi connectivity index (χ4v) is 5.78. The van der Waals surface area contributed by atoms with Gasteiger partial charge in [0.15, 0.2) is 0 Å². The topological polar surface area (TPSA) is 111 Å². The Kier molecular flexibility index (Phi) is 8.80. The van der Waals surface area contributed by atoms with Crippen LogP contribution in [0.5, 0.6) is 5.75 Å². The van der Waals surface area contributed by atoms with Crippen molar-refractivity contribution >= 4 is 44.3 Å². The molecule has 1 aromatic heterocycles. The predicted octanol–water partition coefficient (Wildman–Crippen LogP) is 7.48. The van der Waals surface area contributed by atoms with Crippen molar-refractivity contribution < 1.29 is 23.1 Å². The van der Waals surface area contributed by atoms with E-state index in [9.17, 15) is 13.2 Å². The van der Waals surface area contributed by atoms with E-state index < -0.39 is 16.0 Å². The fraction of sp³-hybridized carbons (Fsp3) is 0.188. The van der Waals surface area contributed by atoms with E-state index in [-0.39, 0.29) is 23.6 Å². The van der Waals surface area contributed by atoms with E-state index in [4.69, 9.17) is 26.4 Å². The first-order chi connectivity index (χ1) is 20.2. The molecule has 0 bridgehead atoms. The van der Waals surface area contributed by atoms with Gasteiger partial charge in [-0.15, -0.1) is 0 Å². The third kappa shape index (κ3) is 6.75. The molecule has 0 aliphatic heterocycles. The average molecular weight is 604 g/mol. The van der Waals surface area contributed by atoms with Crippen molar-refractivity contribution in [3.05, 3.63) is 102 Å². The lowest BCUT2D eigenvalue weighted by Gasteiger charge is -2.15. The third-order valence-corrected chi connectivity index (χ3v) is 8.37. The minimum Gasteiger partial charge on any atom is -0.491 e. The Hall–Kier alpha value is -4.34. The van der Waals surface area contributed by atoms with Crippen LogP contribution in [0.25, 0.3) is 28.1 Å². The SMILES string of the molecule is Cc1ccc(-n2c(-c3ccccc3)nc3cc(NS(=O)(=O)c4ccc(Cl)cc4)c(OCCCCCC(=O)O)cc32)cc1. The van der Waals surface area contributed by atoms with Crippen molar-refractivity contribution in [2.45, 2.75) is 37.5 Å². The Morgan fingerprint density at radius 1 is 0.952 bits per heavy atom. The Balaban J connectivity index is 1.59. The fourth-order valence-electron chi connectivity index (χ4n) is 4.59. The number of aromatic nitrogens is 2. The molecular weight excluding hydrogens is 574 g/mol. The Bertz CT molecular complexity index is 1800. The number of hydrogen-bond acceptors (Lipinski definition) is 5. The van der Waals surface area contributed by atoms with E-state index in [1.807, 2.05) is 66.1 Å². The van der Waals surface area contributed by atoms with Crippen LogP contribution in [0, 0.1) is 6.92 Å². The van der Waals surface area contributed by atoms with E-state index in [1.54, 1.807) is 12.1 Å². The summed E-state index contributed by atoms with van der Waals surface area (Å²) in [6.07, 6.45) is 1.91. The molecule has 0 radical (unpaired) electrons. The van der Waals surface area contributed by atoms with Crippen molar-refractivity contribution in [1.82, 2.24) is 9.55 Å². The summed E-state index contributed by atoms with van der Waals surface area (Å²) in [4.78, 5) is 15.8. The van der Waals surface area contributed by atoms with Crippen LogP contribution in [-0.2, 0) is 14.8 Å². The van der Waals surface area contributed by atoms with Crippen LogP contribution >= 0.6 is 11.6 Å². The standard InChI is InChI=1S/C32H30ClN3O5S/c1-22-11-15-25(16-12-22)36-29-21-30(41-19-7-3-6-10-31(37)38)28(35-42(39,40)26-17-13-24(33)14-18-26)20-27(29)34-32(36)23-8-4-2-5-9-23/h2,4-5,8-9,11-18,20-21,35H,3,6-7,10,19H2,1H3,(H,37,38). The maximum atomic E-state index is 13.3. The monoisotopic (exact) mass is 603 g/mol.